The zero-order valence-corrected chi connectivity index (χ0v) is 22.1. The second kappa shape index (κ2) is 10.5. The van der Waals surface area contributed by atoms with E-state index in [-0.39, 0.29) is 23.6 Å². The maximum atomic E-state index is 13.2. The van der Waals surface area contributed by atoms with Crippen LogP contribution in [0.25, 0.3) is 10.9 Å². The number of fused-ring (bicyclic) bond motifs is 1. The van der Waals surface area contributed by atoms with Crippen molar-refractivity contribution in [2.24, 2.45) is 5.10 Å². The van der Waals surface area contributed by atoms with Gasteiger partial charge >= 0.3 is 5.97 Å². The summed E-state index contributed by atoms with van der Waals surface area (Å²) in [5.74, 6) is 0.239. The number of hydrogen-bond donors (Lipinski definition) is 1. The molecule has 0 fully saturated rings. The number of nitrogens with zero attached hydrogens (tertiary/aromatic N) is 3. The fourth-order valence-corrected chi connectivity index (χ4v) is 4.27. The molecule has 0 amide bonds. The highest BCUT2D eigenvalue weighted by Gasteiger charge is 2.14. The van der Waals surface area contributed by atoms with Crippen molar-refractivity contribution in [3.63, 3.8) is 0 Å². The van der Waals surface area contributed by atoms with E-state index in [4.69, 9.17) is 9.84 Å². The molecule has 4 aromatic rings. The summed E-state index contributed by atoms with van der Waals surface area (Å²) < 4.78 is 8.73. The largest absolute Gasteiger partial charge is 0.488 e. The minimum Gasteiger partial charge on any atom is -0.488 e. The van der Waals surface area contributed by atoms with Crippen molar-refractivity contribution in [2.75, 3.05) is 0 Å². The summed E-state index contributed by atoms with van der Waals surface area (Å²) in [7, 11) is 0. The molecule has 0 aliphatic heterocycles. The van der Waals surface area contributed by atoms with Crippen LogP contribution >= 0.6 is 31.9 Å². The van der Waals surface area contributed by atoms with Gasteiger partial charge in [0.2, 0.25) is 0 Å². The Labute approximate surface area is 218 Å². The Morgan fingerprint density at radius 2 is 1.86 bits per heavy atom. The van der Waals surface area contributed by atoms with E-state index in [9.17, 15) is 9.59 Å². The molecule has 0 aliphatic carbocycles. The van der Waals surface area contributed by atoms with Crippen LogP contribution in [0.3, 0.4) is 0 Å². The van der Waals surface area contributed by atoms with Crippen LogP contribution in [0.1, 0.15) is 47.1 Å². The summed E-state index contributed by atoms with van der Waals surface area (Å²) in [6, 6.07) is 17.4. The average Bonchev–Trinajstić information content (AvgIpc) is 2.83. The van der Waals surface area contributed by atoms with Crippen LogP contribution in [-0.4, -0.2) is 27.0 Å². The topological polar surface area (TPSA) is 93.8 Å². The number of aromatic nitrogens is 2. The van der Waals surface area contributed by atoms with Gasteiger partial charge in [0, 0.05) is 10.4 Å². The van der Waals surface area contributed by atoms with Crippen molar-refractivity contribution in [1.29, 1.82) is 0 Å². The molecule has 0 radical (unpaired) electrons. The molecule has 0 saturated heterocycles. The Kier molecular flexibility index (Phi) is 7.47. The Bertz CT molecular complexity index is 1500. The lowest BCUT2D eigenvalue weighted by atomic mass is 10.1. The van der Waals surface area contributed by atoms with Gasteiger partial charge < -0.3 is 9.84 Å². The summed E-state index contributed by atoms with van der Waals surface area (Å²) in [6.45, 7) is 4.23. The minimum atomic E-state index is -0.965. The van der Waals surface area contributed by atoms with Gasteiger partial charge in [0.25, 0.3) is 5.56 Å². The van der Waals surface area contributed by atoms with Crippen molar-refractivity contribution >= 4 is 54.9 Å². The zero-order chi connectivity index (χ0) is 25.1. The van der Waals surface area contributed by atoms with Gasteiger partial charge in [-0.3, -0.25) is 4.79 Å². The molecule has 0 bridgehead atoms. The van der Waals surface area contributed by atoms with Gasteiger partial charge in [0.05, 0.1) is 27.2 Å². The van der Waals surface area contributed by atoms with Crippen LogP contribution in [0, 0.1) is 0 Å². The Balaban J connectivity index is 1.56. The van der Waals surface area contributed by atoms with E-state index >= 15 is 0 Å². The number of hydrogen-bond acceptors (Lipinski definition) is 5. The summed E-state index contributed by atoms with van der Waals surface area (Å²) >= 11 is 6.93. The van der Waals surface area contributed by atoms with Crippen LogP contribution < -0.4 is 10.3 Å². The highest BCUT2D eigenvalue weighted by molar-refractivity contribution is 9.10. The second-order valence-corrected chi connectivity index (χ2v) is 9.90. The average molecular weight is 599 g/mol. The highest BCUT2D eigenvalue weighted by Crippen LogP contribution is 2.26. The molecule has 0 unspecified atom stereocenters. The maximum absolute atomic E-state index is 13.2. The van der Waals surface area contributed by atoms with E-state index in [1.807, 2.05) is 38.1 Å². The molecule has 9 heteroatoms. The van der Waals surface area contributed by atoms with E-state index in [0.29, 0.717) is 22.5 Å². The molecule has 4 rings (SSSR count). The third kappa shape index (κ3) is 5.68. The third-order valence-corrected chi connectivity index (χ3v) is 6.34. The molecule has 35 heavy (non-hydrogen) atoms. The molecule has 0 saturated carbocycles. The molecule has 0 atom stereocenters. The summed E-state index contributed by atoms with van der Waals surface area (Å²) in [4.78, 5) is 28.8. The Hall–Kier alpha value is -3.30. The van der Waals surface area contributed by atoms with Gasteiger partial charge in [-0.2, -0.15) is 9.78 Å². The first-order chi connectivity index (χ1) is 16.7. The Morgan fingerprint density at radius 3 is 2.51 bits per heavy atom. The first-order valence-corrected chi connectivity index (χ1v) is 12.3. The van der Waals surface area contributed by atoms with Crippen molar-refractivity contribution in [3.8, 4) is 5.75 Å². The third-order valence-electron chi connectivity index (χ3n) is 5.22. The molecule has 1 N–H and O–H groups in total. The molecule has 3 aromatic carbocycles. The number of carbonyl (C=O) groups is 1. The lowest BCUT2D eigenvalue weighted by Crippen LogP contribution is -2.23. The fraction of sp³-hybridized carbons (Fsp3) is 0.154. The minimum absolute atomic E-state index is 0.0000247. The van der Waals surface area contributed by atoms with Gasteiger partial charge in [0.15, 0.2) is 0 Å². The summed E-state index contributed by atoms with van der Waals surface area (Å²) in [6.07, 6.45) is 1.61. The van der Waals surface area contributed by atoms with Crippen molar-refractivity contribution in [3.05, 3.63) is 102 Å². The number of carboxylic acids is 1. The van der Waals surface area contributed by atoms with Crippen molar-refractivity contribution < 1.29 is 14.6 Å². The zero-order valence-electron chi connectivity index (χ0n) is 18.9. The summed E-state index contributed by atoms with van der Waals surface area (Å²) in [5.41, 5.74) is 2.25. The molecule has 7 nitrogen and oxygen atoms in total. The van der Waals surface area contributed by atoms with Crippen molar-refractivity contribution in [1.82, 2.24) is 9.66 Å². The first-order valence-electron chi connectivity index (χ1n) is 10.7. The van der Waals surface area contributed by atoms with Crippen molar-refractivity contribution in [2.45, 2.75) is 26.4 Å². The number of rotatable bonds is 7. The SMILES string of the molecule is CC(C)c1nc2ccc(Br)cc2c(=O)n1N=Cc1ccc(OCc2ccc(C(=O)O)cc2)c(Br)c1. The second-order valence-electron chi connectivity index (χ2n) is 8.13. The van der Waals surface area contributed by atoms with Gasteiger partial charge in [0.1, 0.15) is 18.2 Å². The number of halogens is 2. The Morgan fingerprint density at radius 1 is 1.11 bits per heavy atom. The van der Waals surface area contributed by atoms with Gasteiger partial charge in [-0.15, -0.1) is 0 Å². The van der Waals surface area contributed by atoms with E-state index in [1.54, 1.807) is 42.6 Å². The van der Waals surface area contributed by atoms with Gasteiger partial charge in [-0.1, -0.05) is 41.9 Å². The van der Waals surface area contributed by atoms with Crippen LogP contribution in [0.15, 0.2) is 79.5 Å². The normalized spacial score (nSPS) is 11.5. The monoisotopic (exact) mass is 597 g/mol. The predicted molar refractivity (Wildman–Crippen MR) is 143 cm³/mol. The van der Waals surface area contributed by atoms with E-state index in [1.165, 1.54) is 4.68 Å². The highest BCUT2D eigenvalue weighted by atomic mass is 79.9. The standard InChI is InChI=1S/C26H21Br2N3O4/c1-15(2)24-30-22-9-8-19(27)12-20(22)25(32)31(24)29-13-17-5-10-23(21(28)11-17)35-14-16-3-6-18(7-4-16)26(33)34/h3-13,15H,14H2,1-2H3,(H,33,34). The molecular formula is C26H21Br2N3O4. The summed E-state index contributed by atoms with van der Waals surface area (Å²) in [5, 5.41) is 13.9. The van der Waals surface area contributed by atoms with E-state index in [0.717, 1.165) is 20.1 Å². The lowest BCUT2D eigenvalue weighted by Gasteiger charge is -2.12. The molecule has 178 valence electrons. The lowest BCUT2D eigenvalue weighted by molar-refractivity contribution is 0.0697. The van der Waals surface area contributed by atoms with Crippen LogP contribution in [0.5, 0.6) is 5.75 Å². The molecule has 0 spiro atoms. The number of aromatic carboxylic acids is 1. The van der Waals surface area contributed by atoms with E-state index < -0.39 is 5.97 Å². The van der Waals surface area contributed by atoms with Crippen LogP contribution in [0.4, 0.5) is 0 Å². The fourth-order valence-electron chi connectivity index (χ4n) is 3.39. The van der Waals surface area contributed by atoms with E-state index in [2.05, 4.69) is 41.9 Å². The molecule has 1 aromatic heterocycles. The molecule has 1 heterocycles. The number of ether oxygens (including phenoxy) is 1. The van der Waals surface area contributed by atoms with Crippen LogP contribution in [0.2, 0.25) is 0 Å². The smallest absolute Gasteiger partial charge is 0.335 e. The first kappa shape index (κ1) is 24.8. The molecule has 0 aliphatic rings. The van der Waals surface area contributed by atoms with Gasteiger partial charge in [-0.05, 0) is 75.6 Å². The van der Waals surface area contributed by atoms with Gasteiger partial charge in [-0.25, -0.2) is 9.78 Å². The number of carboxylic acid groups (broad SMARTS) is 1. The maximum Gasteiger partial charge on any atom is 0.335 e. The quantitative estimate of drug-likeness (QED) is 0.255. The number of benzene rings is 3. The van der Waals surface area contributed by atoms with Crippen LogP contribution in [-0.2, 0) is 6.61 Å². The predicted octanol–water partition coefficient (Wildman–Crippen LogP) is 6.20. The molecular weight excluding hydrogens is 578 g/mol.